The van der Waals surface area contributed by atoms with E-state index in [4.69, 9.17) is 4.74 Å². The average Bonchev–Trinajstić information content (AvgIpc) is 3.02. The molecule has 1 heterocycles. The number of carbonyl (C=O) groups is 1. The molecule has 4 heteroatoms. The van der Waals surface area contributed by atoms with Gasteiger partial charge in [-0.3, -0.25) is 0 Å². The molecule has 0 spiro atoms. The molecule has 5 aliphatic rings. The number of esters is 1. The second-order valence-corrected chi connectivity index (χ2v) is 12.4. The molecule has 29 heavy (non-hydrogen) atoms. The molecule has 0 aromatic rings. The summed E-state index contributed by atoms with van der Waals surface area (Å²) in [6, 6.07) is 0. The fourth-order valence-electron chi connectivity index (χ4n) is 9.49. The van der Waals surface area contributed by atoms with Gasteiger partial charge in [-0.25, -0.2) is 4.79 Å². The van der Waals surface area contributed by atoms with Crippen LogP contribution in [-0.4, -0.2) is 34.5 Å². The number of aliphatic hydroxyl groups is 2. The third-order valence-electron chi connectivity index (χ3n) is 10.8. The summed E-state index contributed by atoms with van der Waals surface area (Å²) in [6.07, 6.45) is 7.41. The molecule has 0 amide bonds. The van der Waals surface area contributed by atoms with E-state index in [1.54, 1.807) is 0 Å². The van der Waals surface area contributed by atoms with Gasteiger partial charge in [-0.2, -0.15) is 0 Å². The largest absolute Gasteiger partial charge is 0.454 e. The number of hydrogen-bond donors (Lipinski definition) is 2. The number of carbonyl (C=O) groups excluding carboxylic acids is 1. The van der Waals surface area contributed by atoms with E-state index in [9.17, 15) is 15.0 Å². The van der Waals surface area contributed by atoms with Crippen LogP contribution in [0.25, 0.3) is 0 Å². The highest BCUT2D eigenvalue weighted by atomic mass is 16.6. The molecule has 4 nitrogen and oxygen atoms in total. The van der Waals surface area contributed by atoms with Crippen molar-refractivity contribution in [3.05, 3.63) is 11.6 Å². The number of rotatable bonds is 0. The average molecular weight is 403 g/mol. The van der Waals surface area contributed by atoms with Crippen molar-refractivity contribution < 1.29 is 19.7 Å². The van der Waals surface area contributed by atoms with Crippen LogP contribution in [0.5, 0.6) is 0 Å². The fraction of sp³-hybridized carbons (Fsp3) is 0.880. The maximum atomic E-state index is 12.1. The second-order valence-electron chi connectivity index (χ2n) is 12.4. The topological polar surface area (TPSA) is 66.8 Å². The van der Waals surface area contributed by atoms with Crippen LogP contribution in [-0.2, 0) is 9.53 Å². The van der Waals surface area contributed by atoms with Gasteiger partial charge in [0.15, 0.2) is 0 Å². The van der Waals surface area contributed by atoms with Gasteiger partial charge >= 0.3 is 5.97 Å². The van der Waals surface area contributed by atoms with Crippen molar-refractivity contribution in [1.82, 2.24) is 0 Å². The van der Waals surface area contributed by atoms with E-state index in [1.165, 1.54) is 31.8 Å². The monoisotopic (exact) mass is 402 g/mol. The molecule has 5 rings (SSSR count). The van der Waals surface area contributed by atoms with E-state index in [-0.39, 0.29) is 22.7 Å². The summed E-state index contributed by atoms with van der Waals surface area (Å²) >= 11 is 0. The van der Waals surface area contributed by atoms with Gasteiger partial charge in [0.1, 0.15) is 6.10 Å². The first-order valence-corrected chi connectivity index (χ1v) is 11.7. The quantitative estimate of drug-likeness (QED) is 0.595. The van der Waals surface area contributed by atoms with E-state index in [0.717, 1.165) is 12.8 Å². The SMILES string of the molecule is CC1(C)CCC[C@]2(C)[C@H]3C[C@@H](O)[C@]4(C)[C@H]5OC(=O)C=C5[C@@H](O)C[C@H]4[C@]3(C)CC[C@@H]12. The normalized spacial score (nSPS) is 55.7. The van der Waals surface area contributed by atoms with Crippen molar-refractivity contribution >= 4 is 5.97 Å². The summed E-state index contributed by atoms with van der Waals surface area (Å²) < 4.78 is 5.72. The lowest BCUT2D eigenvalue weighted by Crippen LogP contribution is -2.68. The van der Waals surface area contributed by atoms with Crippen LogP contribution in [0.3, 0.4) is 0 Å². The number of aliphatic hydroxyl groups excluding tert-OH is 2. The molecule has 1 aliphatic heterocycles. The second kappa shape index (κ2) is 5.88. The Balaban J connectivity index is 1.59. The van der Waals surface area contributed by atoms with E-state index >= 15 is 0 Å². The molecule has 2 N–H and O–H groups in total. The highest BCUT2D eigenvalue weighted by molar-refractivity contribution is 5.86. The van der Waals surface area contributed by atoms with Gasteiger partial charge in [0.25, 0.3) is 0 Å². The molecule has 0 unspecified atom stereocenters. The van der Waals surface area contributed by atoms with Crippen molar-refractivity contribution in [1.29, 1.82) is 0 Å². The Morgan fingerprint density at radius 1 is 0.931 bits per heavy atom. The number of fused-ring (bicyclic) bond motifs is 7. The zero-order valence-corrected chi connectivity index (χ0v) is 18.7. The standard InChI is InChI=1S/C25H38O4/c1-22(2)8-6-9-23(3)16(22)7-10-24(4)17(23)13-19(27)25(5)18(24)12-15(26)14-11-20(28)29-21(14)25/h11,15-19,21,26-27H,6-10,12-13H2,1-5H3/t15-,16-,17+,18-,19+,21-,23-,24+,25+/m0/s1. The third-order valence-corrected chi connectivity index (χ3v) is 10.8. The number of hydrogen-bond acceptors (Lipinski definition) is 4. The molecular weight excluding hydrogens is 364 g/mol. The summed E-state index contributed by atoms with van der Waals surface area (Å²) in [5.41, 5.74) is 0.797. The third kappa shape index (κ3) is 2.36. The van der Waals surface area contributed by atoms with Crippen LogP contribution in [0.2, 0.25) is 0 Å². The minimum atomic E-state index is -0.638. The summed E-state index contributed by atoms with van der Waals surface area (Å²) in [5, 5.41) is 22.5. The lowest BCUT2D eigenvalue weighted by atomic mass is 9.35. The first-order valence-electron chi connectivity index (χ1n) is 11.7. The predicted octanol–water partition coefficient (Wildman–Crippen LogP) is 4.24. The van der Waals surface area contributed by atoms with Crippen LogP contribution >= 0.6 is 0 Å². The predicted molar refractivity (Wildman–Crippen MR) is 111 cm³/mol. The minimum absolute atomic E-state index is 0.0498. The maximum Gasteiger partial charge on any atom is 0.331 e. The fourth-order valence-corrected chi connectivity index (χ4v) is 9.49. The lowest BCUT2D eigenvalue weighted by molar-refractivity contribution is -0.253. The van der Waals surface area contributed by atoms with Gasteiger partial charge in [0.05, 0.1) is 12.2 Å². The Bertz CT molecular complexity index is 771. The van der Waals surface area contributed by atoms with Crippen LogP contribution < -0.4 is 0 Å². The van der Waals surface area contributed by atoms with Crippen LogP contribution in [0.1, 0.15) is 79.6 Å². The Morgan fingerprint density at radius 3 is 2.34 bits per heavy atom. The Labute approximate surface area is 175 Å². The Kier molecular flexibility index (Phi) is 4.07. The van der Waals surface area contributed by atoms with Crippen LogP contribution in [0.4, 0.5) is 0 Å². The summed E-state index contributed by atoms with van der Waals surface area (Å²) in [6.45, 7) is 11.9. The molecule has 4 fully saturated rings. The first kappa shape index (κ1) is 20.1. The molecular formula is C25H38O4. The van der Waals surface area contributed by atoms with Gasteiger partial charge in [-0.1, -0.05) is 41.0 Å². The number of ether oxygens (including phenoxy) is 1. The van der Waals surface area contributed by atoms with Crippen LogP contribution in [0, 0.1) is 39.4 Å². The van der Waals surface area contributed by atoms with Crippen LogP contribution in [0.15, 0.2) is 11.6 Å². The van der Waals surface area contributed by atoms with Crippen molar-refractivity contribution in [3.63, 3.8) is 0 Å². The molecule has 0 bridgehead atoms. The van der Waals surface area contributed by atoms with Gasteiger partial charge in [0, 0.05) is 17.1 Å². The molecule has 4 aliphatic carbocycles. The van der Waals surface area contributed by atoms with Crippen molar-refractivity contribution in [2.75, 3.05) is 0 Å². The molecule has 9 atom stereocenters. The van der Waals surface area contributed by atoms with E-state index in [2.05, 4.69) is 34.6 Å². The van der Waals surface area contributed by atoms with E-state index in [1.807, 2.05) is 0 Å². The molecule has 162 valence electrons. The molecule has 0 radical (unpaired) electrons. The Morgan fingerprint density at radius 2 is 1.62 bits per heavy atom. The molecule has 4 saturated carbocycles. The van der Waals surface area contributed by atoms with E-state index < -0.39 is 23.7 Å². The highest BCUT2D eigenvalue weighted by Gasteiger charge is 2.70. The lowest BCUT2D eigenvalue weighted by Gasteiger charge is -2.70. The zero-order valence-electron chi connectivity index (χ0n) is 18.7. The van der Waals surface area contributed by atoms with Crippen molar-refractivity contribution in [2.24, 2.45) is 39.4 Å². The summed E-state index contributed by atoms with van der Waals surface area (Å²) in [7, 11) is 0. The molecule has 0 aromatic heterocycles. The van der Waals surface area contributed by atoms with Crippen molar-refractivity contribution in [3.8, 4) is 0 Å². The van der Waals surface area contributed by atoms with Gasteiger partial charge in [0.2, 0.25) is 0 Å². The zero-order chi connectivity index (χ0) is 21.0. The van der Waals surface area contributed by atoms with Gasteiger partial charge in [-0.15, -0.1) is 0 Å². The first-order chi connectivity index (χ1) is 13.4. The highest BCUT2D eigenvalue weighted by Crippen LogP contribution is 2.73. The molecule has 0 saturated heterocycles. The van der Waals surface area contributed by atoms with E-state index in [0.29, 0.717) is 29.2 Å². The summed E-state index contributed by atoms with van der Waals surface area (Å²) in [5.74, 6) is 0.910. The maximum absolute atomic E-state index is 12.1. The smallest absolute Gasteiger partial charge is 0.331 e. The summed E-state index contributed by atoms with van der Waals surface area (Å²) in [4.78, 5) is 12.1. The Hall–Kier alpha value is -0.870. The van der Waals surface area contributed by atoms with Crippen molar-refractivity contribution in [2.45, 2.75) is 97.9 Å². The van der Waals surface area contributed by atoms with Gasteiger partial charge < -0.3 is 14.9 Å². The van der Waals surface area contributed by atoms with Gasteiger partial charge in [-0.05, 0) is 72.5 Å². The minimum Gasteiger partial charge on any atom is -0.454 e. The molecule has 0 aromatic carbocycles.